The van der Waals surface area contributed by atoms with Crippen LogP contribution in [0.5, 0.6) is 0 Å². The Kier molecular flexibility index (Phi) is 11.4. The van der Waals surface area contributed by atoms with Crippen molar-refractivity contribution in [2.24, 2.45) is 0 Å². The van der Waals surface area contributed by atoms with E-state index >= 15 is 0 Å². The molecule has 0 saturated carbocycles. The lowest BCUT2D eigenvalue weighted by atomic mass is 10.0. The van der Waals surface area contributed by atoms with E-state index in [-0.39, 0.29) is 29.6 Å². The van der Waals surface area contributed by atoms with Crippen molar-refractivity contribution < 1.29 is 31.2 Å². The van der Waals surface area contributed by atoms with Crippen LogP contribution in [0.3, 0.4) is 0 Å². The van der Waals surface area contributed by atoms with Crippen LogP contribution < -0.4 is 9.62 Å². The first-order chi connectivity index (χ1) is 22.1. The van der Waals surface area contributed by atoms with Crippen molar-refractivity contribution in [1.82, 2.24) is 10.2 Å². The first kappa shape index (κ1) is 35.5. The Morgan fingerprint density at radius 2 is 1.49 bits per heavy atom. The topological polar surface area (TPSA) is 86.8 Å². The maximum atomic E-state index is 14.4. The first-order valence-electron chi connectivity index (χ1n) is 14.8. The van der Waals surface area contributed by atoms with E-state index in [9.17, 15) is 31.2 Å². The summed E-state index contributed by atoms with van der Waals surface area (Å²) in [5.74, 6) is -1.27. The van der Waals surface area contributed by atoms with E-state index in [1.165, 1.54) is 23.1 Å². The number of anilines is 1. The standard InChI is InChI=1S/C35H35ClF3N3O4S/c1-24(2)40-34(44)32(20-26-8-5-4-6-9-26)41(22-27-14-16-29(36)17-15-27)33(43)23-42(30-11-7-10-28(21-30)35(37,38)39)47(45,46)31-18-12-25(3)13-19-31/h4-19,21,24,32H,20,22-23H2,1-3H3,(H,40,44)/t32-/m0/s1. The zero-order valence-electron chi connectivity index (χ0n) is 26.0. The van der Waals surface area contributed by atoms with E-state index in [1.807, 2.05) is 6.07 Å². The molecule has 248 valence electrons. The number of rotatable bonds is 12. The van der Waals surface area contributed by atoms with Gasteiger partial charge in [-0.3, -0.25) is 13.9 Å². The molecule has 1 atom stereocenters. The van der Waals surface area contributed by atoms with Crippen LogP contribution >= 0.6 is 11.6 Å². The van der Waals surface area contributed by atoms with Crippen LogP contribution in [0.1, 0.15) is 36.1 Å². The molecule has 47 heavy (non-hydrogen) atoms. The van der Waals surface area contributed by atoms with Gasteiger partial charge < -0.3 is 10.2 Å². The van der Waals surface area contributed by atoms with Crippen molar-refractivity contribution in [1.29, 1.82) is 0 Å². The number of nitrogens with zero attached hydrogens (tertiary/aromatic N) is 2. The maximum Gasteiger partial charge on any atom is 0.416 e. The quantitative estimate of drug-likeness (QED) is 0.174. The zero-order chi connectivity index (χ0) is 34.4. The minimum atomic E-state index is -4.77. The first-order valence-corrected chi connectivity index (χ1v) is 16.6. The van der Waals surface area contributed by atoms with Crippen LogP contribution in [-0.2, 0) is 38.8 Å². The molecule has 0 fully saturated rings. The number of halogens is 4. The number of aryl methyl sites for hydroxylation is 1. The average Bonchev–Trinajstić information content (AvgIpc) is 3.02. The van der Waals surface area contributed by atoms with Gasteiger partial charge >= 0.3 is 6.18 Å². The van der Waals surface area contributed by atoms with Crippen LogP contribution in [0.4, 0.5) is 18.9 Å². The molecule has 12 heteroatoms. The second-order valence-corrected chi connectivity index (χ2v) is 13.7. The molecule has 7 nitrogen and oxygen atoms in total. The smallest absolute Gasteiger partial charge is 0.352 e. The second kappa shape index (κ2) is 15.0. The van der Waals surface area contributed by atoms with Gasteiger partial charge in [0.05, 0.1) is 16.1 Å². The number of amides is 2. The molecule has 4 aromatic carbocycles. The Morgan fingerprint density at radius 3 is 2.09 bits per heavy atom. The monoisotopic (exact) mass is 685 g/mol. The molecule has 0 spiro atoms. The number of carbonyl (C=O) groups excluding carboxylic acids is 2. The summed E-state index contributed by atoms with van der Waals surface area (Å²) in [5.41, 5.74) is 0.673. The highest BCUT2D eigenvalue weighted by Gasteiger charge is 2.36. The van der Waals surface area contributed by atoms with Gasteiger partial charge in [-0.1, -0.05) is 77.8 Å². The molecule has 4 aromatic rings. The SMILES string of the molecule is Cc1ccc(S(=O)(=O)N(CC(=O)N(Cc2ccc(Cl)cc2)[C@@H](Cc2ccccc2)C(=O)NC(C)C)c2cccc(C(F)(F)F)c2)cc1. The third-order valence-corrected chi connectivity index (χ3v) is 9.36. The van der Waals surface area contributed by atoms with E-state index in [1.54, 1.807) is 81.4 Å². The molecular formula is C35H35ClF3N3O4S. The summed E-state index contributed by atoms with van der Waals surface area (Å²) in [6.45, 7) is 4.30. The number of hydrogen-bond acceptors (Lipinski definition) is 4. The summed E-state index contributed by atoms with van der Waals surface area (Å²) in [5, 5.41) is 3.30. The third-order valence-electron chi connectivity index (χ3n) is 7.32. The zero-order valence-corrected chi connectivity index (χ0v) is 27.6. The van der Waals surface area contributed by atoms with Gasteiger partial charge in [0.25, 0.3) is 10.0 Å². The van der Waals surface area contributed by atoms with E-state index in [4.69, 9.17) is 11.6 Å². The number of nitrogens with one attached hydrogen (secondary N) is 1. The molecule has 0 aromatic heterocycles. The lowest BCUT2D eigenvalue weighted by molar-refractivity contribution is -0.140. The summed E-state index contributed by atoms with van der Waals surface area (Å²) in [6, 6.07) is 23.8. The normalized spacial score (nSPS) is 12.4. The Bertz CT molecular complexity index is 1780. The molecule has 1 N–H and O–H groups in total. The number of sulfonamides is 1. The Hall–Kier alpha value is -4.35. The highest BCUT2D eigenvalue weighted by atomic mass is 35.5. The third kappa shape index (κ3) is 9.36. The van der Waals surface area contributed by atoms with E-state index in [0.717, 1.165) is 23.3 Å². The maximum absolute atomic E-state index is 14.4. The molecule has 0 unspecified atom stereocenters. The average molecular weight is 686 g/mol. The number of carbonyl (C=O) groups is 2. The van der Waals surface area contributed by atoms with Crippen molar-refractivity contribution in [2.45, 2.75) is 56.9 Å². The highest BCUT2D eigenvalue weighted by molar-refractivity contribution is 7.92. The van der Waals surface area contributed by atoms with Crippen molar-refractivity contribution in [2.75, 3.05) is 10.8 Å². The Morgan fingerprint density at radius 1 is 0.851 bits per heavy atom. The largest absolute Gasteiger partial charge is 0.416 e. The van der Waals surface area contributed by atoms with Gasteiger partial charge in [0.1, 0.15) is 12.6 Å². The predicted molar refractivity (Wildman–Crippen MR) is 176 cm³/mol. The minimum absolute atomic E-state index is 0.0903. The lowest BCUT2D eigenvalue weighted by Gasteiger charge is -2.34. The van der Waals surface area contributed by atoms with Crippen LogP contribution in [0.15, 0.2) is 108 Å². The summed E-state index contributed by atoms with van der Waals surface area (Å²) < 4.78 is 70.1. The minimum Gasteiger partial charge on any atom is -0.352 e. The molecule has 0 aliphatic rings. The van der Waals surface area contributed by atoms with Gasteiger partial charge in [0.15, 0.2) is 0 Å². The molecule has 2 amide bonds. The van der Waals surface area contributed by atoms with Crippen LogP contribution in [0.25, 0.3) is 0 Å². The van der Waals surface area contributed by atoms with E-state index in [0.29, 0.717) is 21.0 Å². The molecule has 0 bridgehead atoms. The van der Waals surface area contributed by atoms with Crippen LogP contribution in [-0.4, -0.2) is 43.8 Å². The molecule has 0 aliphatic carbocycles. The predicted octanol–water partition coefficient (Wildman–Crippen LogP) is 7.03. The van der Waals surface area contributed by atoms with Crippen LogP contribution in [0, 0.1) is 6.92 Å². The van der Waals surface area contributed by atoms with Crippen molar-refractivity contribution in [3.8, 4) is 0 Å². The van der Waals surface area contributed by atoms with Gasteiger partial charge in [0, 0.05) is 24.0 Å². The Balaban J connectivity index is 1.84. The van der Waals surface area contributed by atoms with Gasteiger partial charge in [-0.2, -0.15) is 13.2 Å². The fourth-order valence-corrected chi connectivity index (χ4v) is 6.46. The lowest BCUT2D eigenvalue weighted by Crippen LogP contribution is -2.54. The van der Waals surface area contributed by atoms with Gasteiger partial charge in [-0.25, -0.2) is 8.42 Å². The molecule has 0 heterocycles. The summed E-state index contributed by atoms with van der Waals surface area (Å²) in [6.07, 6.45) is -4.68. The van der Waals surface area contributed by atoms with Gasteiger partial charge in [-0.15, -0.1) is 0 Å². The fourth-order valence-electron chi connectivity index (χ4n) is 4.92. The summed E-state index contributed by atoms with van der Waals surface area (Å²) in [7, 11) is -4.56. The van der Waals surface area contributed by atoms with Crippen molar-refractivity contribution in [3.05, 3.63) is 130 Å². The highest BCUT2D eigenvalue weighted by Crippen LogP contribution is 2.33. The number of benzene rings is 4. The van der Waals surface area contributed by atoms with Gasteiger partial charge in [0.2, 0.25) is 11.8 Å². The van der Waals surface area contributed by atoms with E-state index < -0.39 is 46.2 Å². The van der Waals surface area contributed by atoms with Crippen molar-refractivity contribution in [3.63, 3.8) is 0 Å². The molecule has 0 saturated heterocycles. The van der Waals surface area contributed by atoms with E-state index in [2.05, 4.69) is 5.32 Å². The number of hydrogen-bond donors (Lipinski definition) is 1. The molecule has 0 radical (unpaired) electrons. The second-order valence-electron chi connectivity index (χ2n) is 11.4. The number of alkyl halides is 3. The van der Waals surface area contributed by atoms with Crippen molar-refractivity contribution >= 4 is 39.1 Å². The van der Waals surface area contributed by atoms with Crippen LogP contribution in [0.2, 0.25) is 5.02 Å². The molecule has 4 rings (SSSR count). The Labute approximate surface area is 278 Å². The fraction of sp³-hybridized carbons (Fsp3) is 0.257. The summed E-state index contributed by atoms with van der Waals surface area (Å²) in [4.78, 5) is 29.2. The summed E-state index contributed by atoms with van der Waals surface area (Å²) >= 11 is 6.09. The van der Waals surface area contributed by atoms with Gasteiger partial charge in [-0.05, 0) is 74.4 Å². The molecular weight excluding hydrogens is 651 g/mol. The molecule has 0 aliphatic heterocycles.